The highest BCUT2D eigenvalue weighted by Gasteiger charge is 2.22. The molecule has 104 valence electrons. The Bertz CT molecular complexity index is 540. The lowest BCUT2D eigenvalue weighted by molar-refractivity contribution is 0.410. The van der Waals surface area contributed by atoms with E-state index in [1.165, 1.54) is 34.7 Å². The van der Waals surface area contributed by atoms with Crippen molar-refractivity contribution < 1.29 is 13.2 Å². The highest BCUT2D eigenvalue weighted by atomic mass is 32.2. The van der Waals surface area contributed by atoms with Crippen LogP contribution in [0.2, 0.25) is 0 Å². The predicted octanol–water partition coefficient (Wildman–Crippen LogP) is 2.46. The Kier molecular flexibility index (Phi) is 5.89. The number of hydrogen-bond donors (Lipinski definition) is 0. The van der Waals surface area contributed by atoms with Gasteiger partial charge in [-0.05, 0) is 37.1 Å². The number of sulfonamides is 1. The number of benzene rings is 1. The Morgan fingerprint density at radius 1 is 1.11 bits per heavy atom. The Morgan fingerprint density at radius 2 is 1.63 bits per heavy atom. The summed E-state index contributed by atoms with van der Waals surface area (Å²) in [6.07, 6.45) is 2.96. The zero-order valence-corrected chi connectivity index (χ0v) is 12.0. The maximum Gasteiger partial charge on any atom is 0.243 e. The van der Waals surface area contributed by atoms with Gasteiger partial charge in [0.1, 0.15) is 0 Å². The molecule has 6 heteroatoms. The smallest absolute Gasteiger partial charge is 0.211 e. The first kappa shape index (κ1) is 15.6. The molecule has 0 aliphatic heterocycles. The lowest BCUT2D eigenvalue weighted by Gasteiger charge is -2.20. The van der Waals surface area contributed by atoms with Crippen molar-refractivity contribution in [1.82, 2.24) is 4.31 Å². The van der Waals surface area contributed by atoms with E-state index in [4.69, 9.17) is 0 Å². The van der Waals surface area contributed by atoms with Crippen molar-refractivity contribution in [1.29, 1.82) is 0 Å². The van der Waals surface area contributed by atoms with Gasteiger partial charge in [0.15, 0.2) is 0 Å². The lowest BCUT2D eigenvalue weighted by Crippen LogP contribution is -2.32. The minimum Gasteiger partial charge on any atom is -0.211 e. The summed E-state index contributed by atoms with van der Waals surface area (Å²) >= 11 is 0. The van der Waals surface area contributed by atoms with Gasteiger partial charge >= 0.3 is 0 Å². The summed E-state index contributed by atoms with van der Waals surface area (Å²) in [5.74, 6) is 0. The normalized spacial score (nSPS) is 11.3. The Morgan fingerprint density at radius 3 is 2.05 bits per heavy atom. The molecule has 0 N–H and O–H groups in total. The molecule has 1 aromatic carbocycles. The number of nitrogens with zero attached hydrogens (tertiary/aromatic N) is 2. The van der Waals surface area contributed by atoms with Crippen molar-refractivity contribution in [2.45, 2.75) is 31.6 Å². The van der Waals surface area contributed by atoms with Gasteiger partial charge in [-0.1, -0.05) is 13.8 Å². The zero-order valence-electron chi connectivity index (χ0n) is 11.2. The summed E-state index contributed by atoms with van der Waals surface area (Å²) in [7, 11) is -3.46. The Balaban J connectivity index is 3.06. The fourth-order valence-electron chi connectivity index (χ4n) is 1.75. The predicted molar refractivity (Wildman–Crippen MR) is 73.6 cm³/mol. The second-order valence-electron chi connectivity index (χ2n) is 4.10. The molecule has 0 aliphatic rings. The Labute approximate surface area is 114 Å². The SMILES string of the molecule is CCCN(CCC)S(=O)(=O)c1ccc(N=C=O)cc1. The molecule has 0 unspecified atom stereocenters. The number of isocyanates is 1. The van der Waals surface area contributed by atoms with Gasteiger partial charge in [-0.2, -0.15) is 9.30 Å². The van der Waals surface area contributed by atoms with Crippen LogP contribution in [0.1, 0.15) is 26.7 Å². The fraction of sp³-hybridized carbons (Fsp3) is 0.462. The quantitative estimate of drug-likeness (QED) is 0.570. The van der Waals surface area contributed by atoms with E-state index in [0.717, 1.165) is 12.8 Å². The van der Waals surface area contributed by atoms with E-state index in [-0.39, 0.29) is 4.90 Å². The number of rotatable bonds is 7. The third-order valence-electron chi connectivity index (χ3n) is 2.60. The number of aliphatic imine (C=N–C) groups is 1. The molecule has 0 heterocycles. The van der Waals surface area contributed by atoms with Gasteiger partial charge in [0.05, 0.1) is 10.6 Å². The van der Waals surface area contributed by atoms with Crippen LogP contribution < -0.4 is 0 Å². The zero-order chi connectivity index (χ0) is 14.3. The van der Waals surface area contributed by atoms with Gasteiger partial charge in [0.2, 0.25) is 16.1 Å². The van der Waals surface area contributed by atoms with Crippen LogP contribution in [-0.4, -0.2) is 31.9 Å². The molecule has 0 bridgehead atoms. The van der Waals surface area contributed by atoms with E-state index in [9.17, 15) is 13.2 Å². The molecule has 0 radical (unpaired) electrons. The summed E-state index contributed by atoms with van der Waals surface area (Å²) in [5, 5.41) is 0. The van der Waals surface area contributed by atoms with E-state index in [0.29, 0.717) is 18.8 Å². The van der Waals surface area contributed by atoms with Crippen LogP contribution in [0.4, 0.5) is 5.69 Å². The Hall–Kier alpha value is -1.49. The van der Waals surface area contributed by atoms with Crippen molar-refractivity contribution >= 4 is 21.8 Å². The largest absolute Gasteiger partial charge is 0.243 e. The molecule has 0 saturated carbocycles. The average molecular weight is 282 g/mol. The minimum atomic E-state index is -3.46. The third kappa shape index (κ3) is 3.99. The molecule has 0 atom stereocenters. The highest BCUT2D eigenvalue weighted by molar-refractivity contribution is 7.89. The lowest BCUT2D eigenvalue weighted by atomic mass is 10.3. The van der Waals surface area contributed by atoms with Crippen molar-refractivity contribution in [3.05, 3.63) is 24.3 Å². The number of hydrogen-bond acceptors (Lipinski definition) is 4. The van der Waals surface area contributed by atoms with Crippen LogP contribution in [0.3, 0.4) is 0 Å². The first-order valence-corrected chi connectivity index (χ1v) is 7.68. The molecular weight excluding hydrogens is 264 g/mol. The molecule has 0 spiro atoms. The molecule has 0 aliphatic carbocycles. The summed E-state index contributed by atoms with van der Waals surface area (Å²) in [4.78, 5) is 13.8. The van der Waals surface area contributed by atoms with E-state index >= 15 is 0 Å². The van der Waals surface area contributed by atoms with Gasteiger partial charge in [-0.15, -0.1) is 0 Å². The third-order valence-corrected chi connectivity index (χ3v) is 4.51. The van der Waals surface area contributed by atoms with E-state index in [2.05, 4.69) is 4.99 Å². The molecule has 0 saturated heterocycles. The fourth-order valence-corrected chi connectivity index (χ4v) is 3.37. The van der Waals surface area contributed by atoms with Gasteiger partial charge in [-0.3, -0.25) is 0 Å². The maximum absolute atomic E-state index is 12.4. The van der Waals surface area contributed by atoms with Crippen molar-refractivity contribution in [3.8, 4) is 0 Å². The second-order valence-corrected chi connectivity index (χ2v) is 6.04. The van der Waals surface area contributed by atoms with Crippen molar-refractivity contribution in [3.63, 3.8) is 0 Å². The molecule has 0 aromatic heterocycles. The summed E-state index contributed by atoms with van der Waals surface area (Å²) in [6, 6.07) is 5.91. The minimum absolute atomic E-state index is 0.222. The van der Waals surface area contributed by atoms with Crippen LogP contribution in [0, 0.1) is 0 Å². The topological polar surface area (TPSA) is 66.8 Å². The molecule has 1 rings (SSSR count). The molecule has 0 fully saturated rings. The standard InChI is InChI=1S/C13H18N2O3S/c1-3-9-15(10-4-2)19(17,18)13-7-5-12(6-8-13)14-11-16/h5-8H,3-4,9-10H2,1-2H3. The van der Waals surface area contributed by atoms with E-state index in [1.54, 1.807) is 0 Å². The van der Waals surface area contributed by atoms with Crippen LogP contribution >= 0.6 is 0 Å². The monoisotopic (exact) mass is 282 g/mol. The highest BCUT2D eigenvalue weighted by Crippen LogP contribution is 2.20. The van der Waals surface area contributed by atoms with Crippen molar-refractivity contribution in [2.75, 3.05) is 13.1 Å². The van der Waals surface area contributed by atoms with E-state index < -0.39 is 10.0 Å². The van der Waals surface area contributed by atoms with Gasteiger partial charge in [0.25, 0.3) is 0 Å². The molecule has 0 amide bonds. The molecule has 5 nitrogen and oxygen atoms in total. The van der Waals surface area contributed by atoms with E-state index in [1.807, 2.05) is 13.8 Å². The average Bonchev–Trinajstić information content (AvgIpc) is 2.39. The second kappa shape index (κ2) is 7.19. The van der Waals surface area contributed by atoms with Crippen LogP contribution in [0.25, 0.3) is 0 Å². The van der Waals surface area contributed by atoms with Crippen LogP contribution in [-0.2, 0) is 14.8 Å². The van der Waals surface area contributed by atoms with Crippen LogP contribution in [0.15, 0.2) is 34.2 Å². The summed E-state index contributed by atoms with van der Waals surface area (Å²) in [5.41, 5.74) is 0.395. The maximum atomic E-state index is 12.4. The van der Waals surface area contributed by atoms with Gasteiger partial charge in [0, 0.05) is 13.1 Å². The van der Waals surface area contributed by atoms with Crippen molar-refractivity contribution in [2.24, 2.45) is 4.99 Å². The first-order valence-electron chi connectivity index (χ1n) is 6.24. The number of carbonyl (C=O) groups excluding carboxylic acids is 1. The molecule has 1 aromatic rings. The first-order chi connectivity index (χ1) is 9.06. The molecular formula is C13H18N2O3S. The van der Waals surface area contributed by atoms with Crippen LogP contribution in [0.5, 0.6) is 0 Å². The summed E-state index contributed by atoms with van der Waals surface area (Å²) < 4.78 is 26.3. The summed E-state index contributed by atoms with van der Waals surface area (Å²) in [6.45, 7) is 4.90. The van der Waals surface area contributed by atoms with Gasteiger partial charge in [-0.25, -0.2) is 13.2 Å². The molecule has 19 heavy (non-hydrogen) atoms. The van der Waals surface area contributed by atoms with Gasteiger partial charge < -0.3 is 0 Å².